The Labute approximate surface area is 161 Å². The minimum Gasteiger partial charge on any atom is -0.451 e. The van der Waals surface area contributed by atoms with Crippen molar-refractivity contribution in [3.05, 3.63) is 64.9 Å². The summed E-state index contributed by atoms with van der Waals surface area (Å²) in [5, 5.41) is 2.15. The van der Waals surface area contributed by atoms with Gasteiger partial charge in [0.25, 0.3) is 5.91 Å². The van der Waals surface area contributed by atoms with E-state index in [2.05, 4.69) is 12.1 Å². The van der Waals surface area contributed by atoms with Gasteiger partial charge >= 0.3 is 0 Å². The Bertz CT molecular complexity index is 1110. The van der Waals surface area contributed by atoms with Crippen molar-refractivity contribution in [1.29, 1.82) is 0 Å². The predicted octanol–water partition coefficient (Wildman–Crippen LogP) is 5.37. The average molecular weight is 376 g/mol. The molecular weight excluding hydrogens is 356 g/mol. The van der Waals surface area contributed by atoms with Crippen LogP contribution in [0.15, 0.2) is 52.9 Å². The second kappa shape index (κ2) is 6.50. The molecule has 1 amide bonds. The second-order valence-corrected chi connectivity index (χ2v) is 8.22. The zero-order valence-corrected chi connectivity index (χ0v) is 16.0. The Morgan fingerprint density at radius 3 is 2.85 bits per heavy atom. The number of thiazole rings is 1. The molecular formula is C22H20N2O2S. The highest BCUT2D eigenvalue weighted by Gasteiger charge is 2.30. The van der Waals surface area contributed by atoms with E-state index in [0.717, 1.165) is 46.4 Å². The van der Waals surface area contributed by atoms with Crippen molar-refractivity contribution in [2.45, 2.75) is 25.7 Å². The van der Waals surface area contributed by atoms with Gasteiger partial charge in [-0.25, -0.2) is 4.98 Å². The lowest BCUT2D eigenvalue weighted by Gasteiger charge is -2.31. The molecule has 1 fully saturated rings. The molecule has 0 spiro atoms. The monoisotopic (exact) mass is 376 g/mol. The van der Waals surface area contributed by atoms with Crippen molar-refractivity contribution in [2.75, 3.05) is 13.1 Å². The standard InChI is InChI=1S/C22H20N2O2S/c1-14-16-8-2-4-10-18(16)26-20(14)22(25)24-12-6-7-15(13-24)21-23-17-9-3-5-11-19(17)27-21/h2-5,8-11,15H,6-7,12-13H2,1H3/t15-/m1/s1. The number of para-hydroxylation sites is 2. The van der Waals surface area contributed by atoms with Crippen molar-refractivity contribution in [1.82, 2.24) is 9.88 Å². The molecule has 1 aliphatic heterocycles. The van der Waals surface area contributed by atoms with Gasteiger partial charge in [0.15, 0.2) is 5.76 Å². The number of furan rings is 1. The van der Waals surface area contributed by atoms with E-state index in [-0.39, 0.29) is 5.91 Å². The van der Waals surface area contributed by atoms with Crippen molar-refractivity contribution in [3.8, 4) is 0 Å². The number of carbonyl (C=O) groups is 1. The van der Waals surface area contributed by atoms with Crippen LogP contribution in [0.4, 0.5) is 0 Å². The quantitative estimate of drug-likeness (QED) is 0.472. The Kier molecular flexibility index (Phi) is 3.97. The zero-order valence-electron chi connectivity index (χ0n) is 15.1. The van der Waals surface area contributed by atoms with Gasteiger partial charge in [-0.3, -0.25) is 4.79 Å². The largest absolute Gasteiger partial charge is 0.451 e. The first-order chi connectivity index (χ1) is 13.2. The number of likely N-dealkylation sites (tertiary alicyclic amines) is 1. The molecule has 0 aliphatic carbocycles. The summed E-state index contributed by atoms with van der Waals surface area (Å²) in [6.07, 6.45) is 2.06. The number of carbonyl (C=O) groups excluding carboxylic acids is 1. The highest BCUT2D eigenvalue weighted by atomic mass is 32.1. The molecule has 0 N–H and O–H groups in total. The third kappa shape index (κ3) is 2.82. The first-order valence-electron chi connectivity index (χ1n) is 9.33. The molecule has 0 saturated carbocycles. The van der Waals surface area contributed by atoms with Gasteiger partial charge in [0.1, 0.15) is 5.58 Å². The van der Waals surface area contributed by atoms with E-state index in [1.807, 2.05) is 48.2 Å². The summed E-state index contributed by atoms with van der Waals surface area (Å²) in [5.41, 5.74) is 2.75. The van der Waals surface area contributed by atoms with Crippen LogP contribution in [0.2, 0.25) is 0 Å². The van der Waals surface area contributed by atoms with Crippen molar-refractivity contribution in [2.24, 2.45) is 0 Å². The van der Waals surface area contributed by atoms with E-state index in [1.165, 1.54) is 4.70 Å². The predicted molar refractivity (Wildman–Crippen MR) is 108 cm³/mol. The topological polar surface area (TPSA) is 46.3 Å². The van der Waals surface area contributed by atoms with Crippen LogP contribution in [0, 0.1) is 6.92 Å². The summed E-state index contributed by atoms with van der Waals surface area (Å²) < 4.78 is 7.11. The minimum atomic E-state index is -0.00508. The number of amides is 1. The highest BCUT2D eigenvalue weighted by molar-refractivity contribution is 7.18. The summed E-state index contributed by atoms with van der Waals surface area (Å²) in [7, 11) is 0. The summed E-state index contributed by atoms with van der Waals surface area (Å²) in [5.74, 6) is 0.764. The fourth-order valence-electron chi connectivity index (χ4n) is 3.95. The maximum Gasteiger partial charge on any atom is 0.289 e. The van der Waals surface area contributed by atoms with Crippen LogP contribution in [-0.4, -0.2) is 28.9 Å². The summed E-state index contributed by atoms with van der Waals surface area (Å²) in [6.45, 7) is 3.44. The number of benzene rings is 2. The molecule has 0 bridgehead atoms. The van der Waals surface area contributed by atoms with Crippen molar-refractivity contribution < 1.29 is 9.21 Å². The highest BCUT2D eigenvalue weighted by Crippen LogP contribution is 2.34. The van der Waals surface area contributed by atoms with Crippen LogP contribution < -0.4 is 0 Å². The van der Waals surface area contributed by atoms with Gasteiger partial charge in [0.2, 0.25) is 0 Å². The average Bonchev–Trinajstić information content (AvgIpc) is 3.29. The maximum atomic E-state index is 13.2. The number of nitrogens with zero attached hydrogens (tertiary/aromatic N) is 2. The summed E-state index contributed by atoms with van der Waals surface area (Å²) in [4.78, 5) is 19.9. The fraction of sp³-hybridized carbons (Fsp3) is 0.273. The van der Waals surface area contributed by atoms with Crippen LogP contribution in [0.5, 0.6) is 0 Å². The summed E-state index contributed by atoms with van der Waals surface area (Å²) >= 11 is 1.75. The van der Waals surface area contributed by atoms with E-state index in [0.29, 0.717) is 18.2 Å². The lowest BCUT2D eigenvalue weighted by atomic mass is 9.98. The van der Waals surface area contributed by atoms with E-state index in [4.69, 9.17) is 9.40 Å². The van der Waals surface area contributed by atoms with Crippen LogP contribution in [0.25, 0.3) is 21.2 Å². The lowest BCUT2D eigenvalue weighted by Crippen LogP contribution is -2.39. The normalized spacial score (nSPS) is 17.7. The number of hydrogen-bond acceptors (Lipinski definition) is 4. The number of piperidine rings is 1. The SMILES string of the molecule is Cc1c(C(=O)N2CCC[C@@H](c3nc4ccccc4s3)C2)oc2ccccc12. The lowest BCUT2D eigenvalue weighted by molar-refractivity contribution is 0.0676. The minimum absolute atomic E-state index is 0.00508. The molecule has 2 aromatic heterocycles. The first kappa shape index (κ1) is 16.5. The number of aromatic nitrogens is 1. The fourth-order valence-corrected chi connectivity index (χ4v) is 5.04. The van der Waals surface area contributed by atoms with Gasteiger partial charge in [-0.1, -0.05) is 30.3 Å². The van der Waals surface area contributed by atoms with Gasteiger partial charge in [-0.15, -0.1) is 11.3 Å². The van der Waals surface area contributed by atoms with E-state index < -0.39 is 0 Å². The number of aryl methyl sites for hydroxylation is 1. The van der Waals surface area contributed by atoms with Gasteiger partial charge in [0.05, 0.1) is 15.2 Å². The Morgan fingerprint density at radius 2 is 2.00 bits per heavy atom. The maximum absolute atomic E-state index is 13.2. The van der Waals surface area contributed by atoms with Crippen LogP contribution in [-0.2, 0) is 0 Å². The van der Waals surface area contributed by atoms with Crippen LogP contribution in [0.1, 0.15) is 39.9 Å². The molecule has 5 rings (SSSR count). The Hall–Kier alpha value is -2.66. The smallest absolute Gasteiger partial charge is 0.289 e. The molecule has 0 unspecified atom stereocenters. The Balaban J connectivity index is 1.43. The summed E-state index contributed by atoms with van der Waals surface area (Å²) in [6, 6.07) is 16.1. The van der Waals surface area contributed by atoms with Gasteiger partial charge < -0.3 is 9.32 Å². The van der Waals surface area contributed by atoms with E-state index in [9.17, 15) is 4.79 Å². The molecule has 5 heteroatoms. The van der Waals surface area contributed by atoms with Gasteiger partial charge in [0, 0.05) is 30.0 Å². The molecule has 4 nitrogen and oxygen atoms in total. The zero-order chi connectivity index (χ0) is 18.4. The van der Waals surface area contributed by atoms with Gasteiger partial charge in [-0.05, 0) is 38.0 Å². The van der Waals surface area contributed by atoms with Crippen molar-refractivity contribution >= 4 is 38.4 Å². The first-order valence-corrected chi connectivity index (χ1v) is 10.2. The van der Waals surface area contributed by atoms with Crippen LogP contribution in [0.3, 0.4) is 0 Å². The molecule has 0 radical (unpaired) electrons. The van der Waals surface area contributed by atoms with E-state index in [1.54, 1.807) is 11.3 Å². The molecule has 136 valence electrons. The molecule has 1 saturated heterocycles. The number of fused-ring (bicyclic) bond motifs is 2. The van der Waals surface area contributed by atoms with Crippen LogP contribution >= 0.6 is 11.3 Å². The molecule has 3 heterocycles. The molecule has 1 aliphatic rings. The number of hydrogen-bond donors (Lipinski definition) is 0. The third-order valence-corrected chi connectivity index (χ3v) is 6.61. The Morgan fingerprint density at radius 1 is 1.19 bits per heavy atom. The van der Waals surface area contributed by atoms with Gasteiger partial charge in [-0.2, -0.15) is 0 Å². The molecule has 4 aromatic rings. The molecule has 1 atom stereocenters. The number of rotatable bonds is 2. The second-order valence-electron chi connectivity index (χ2n) is 7.16. The third-order valence-electron chi connectivity index (χ3n) is 5.41. The molecule has 2 aromatic carbocycles. The molecule has 27 heavy (non-hydrogen) atoms. The van der Waals surface area contributed by atoms with E-state index >= 15 is 0 Å². The van der Waals surface area contributed by atoms with Crippen molar-refractivity contribution in [3.63, 3.8) is 0 Å².